The Morgan fingerprint density at radius 3 is 2.53 bits per heavy atom. The van der Waals surface area contributed by atoms with Crippen LogP contribution >= 0.6 is 0 Å². The highest BCUT2D eigenvalue weighted by Crippen LogP contribution is 2.27. The molecule has 1 amide bonds. The Bertz CT molecular complexity index is 313. The number of carboxylic acid groups (broad SMARTS) is 1. The molecule has 0 aromatic heterocycles. The number of fused-ring (bicyclic) bond motifs is 3. The number of aliphatic carboxylic acids is 1. The summed E-state index contributed by atoms with van der Waals surface area (Å²) in [6, 6.07) is -0.798. The maximum Gasteiger partial charge on any atom is 0.305 e. The fourth-order valence-electron chi connectivity index (χ4n) is 2.70. The topological polar surface area (TPSA) is 95.7 Å². The molecule has 0 aliphatic carbocycles. The number of amides is 1. The highest BCUT2D eigenvalue weighted by molar-refractivity contribution is 5.86. The summed E-state index contributed by atoms with van der Waals surface area (Å²) in [5, 5.41) is 11.5. The number of carbonyl (C=O) groups is 2. The van der Waals surface area contributed by atoms with Crippen molar-refractivity contribution in [1.29, 1.82) is 0 Å². The van der Waals surface area contributed by atoms with Gasteiger partial charge in [0.05, 0.1) is 12.5 Å². The summed E-state index contributed by atoms with van der Waals surface area (Å²) in [7, 11) is 0. The number of carbonyl (C=O) groups excluding carboxylic acids is 1. The Labute approximate surface area is 100 Å². The van der Waals surface area contributed by atoms with E-state index in [1.807, 2.05) is 0 Å². The SMILES string of the molecule is NC(CC(=O)O)C(=O)NC1CN2CCC1CC2. The van der Waals surface area contributed by atoms with Crippen molar-refractivity contribution in [2.75, 3.05) is 19.6 Å². The zero-order valence-electron chi connectivity index (χ0n) is 9.76. The summed E-state index contributed by atoms with van der Waals surface area (Å²) in [6.45, 7) is 3.09. The van der Waals surface area contributed by atoms with Crippen LogP contribution in [0.4, 0.5) is 0 Å². The van der Waals surface area contributed by atoms with Crippen LogP contribution in [0.2, 0.25) is 0 Å². The minimum atomic E-state index is -1.04. The summed E-state index contributed by atoms with van der Waals surface area (Å²) < 4.78 is 0. The first-order valence-corrected chi connectivity index (χ1v) is 6.06. The number of carboxylic acids is 1. The number of nitrogens with one attached hydrogen (secondary N) is 1. The molecule has 2 bridgehead atoms. The third-order valence-electron chi connectivity index (χ3n) is 3.72. The average Bonchev–Trinajstić information content (AvgIpc) is 2.29. The van der Waals surface area contributed by atoms with Gasteiger partial charge < -0.3 is 21.1 Å². The van der Waals surface area contributed by atoms with Crippen molar-refractivity contribution < 1.29 is 14.7 Å². The smallest absolute Gasteiger partial charge is 0.305 e. The maximum absolute atomic E-state index is 11.7. The zero-order valence-corrected chi connectivity index (χ0v) is 9.76. The minimum absolute atomic E-state index is 0.143. The Hall–Kier alpha value is -1.14. The van der Waals surface area contributed by atoms with E-state index < -0.39 is 12.0 Å². The molecular weight excluding hydrogens is 222 g/mol. The predicted molar refractivity (Wildman–Crippen MR) is 61.3 cm³/mol. The van der Waals surface area contributed by atoms with Crippen LogP contribution in [0.3, 0.4) is 0 Å². The normalized spacial score (nSPS) is 33.1. The molecule has 0 radical (unpaired) electrons. The lowest BCUT2D eigenvalue weighted by atomic mass is 9.84. The summed E-state index contributed by atoms with van der Waals surface area (Å²) in [5.74, 6) is -0.853. The van der Waals surface area contributed by atoms with Crippen molar-refractivity contribution in [2.45, 2.75) is 31.3 Å². The van der Waals surface area contributed by atoms with E-state index >= 15 is 0 Å². The van der Waals surface area contributed by atoms with Crippen molar-refractivity contribution in [1.82, 2.24) is 10.2 Å². The second-order valence-corrected chi connectivity index (χ2v) is 4.96. The number of nitrogens with two attached hydrogens (primary N) is 1. The van der Waals surface area contributed by atoms with Crippen LogP contribution in [-0.2, 0) is 9.59 Å². The first-order valence-electron chi connectivity index (χ1n) is 6.06. The fraction of sp³-hybridized carbons (Fsp3) is 0.818. The van der Waals surface area contributed by atoms with E-state index in [1.54, 1.807) is 0 Å². The summed E-state index contributed by atoms with van der Waals surface area (Å²) in [5.41, 5.74) is 5.53. The standard InChI is InChI=1S/C11H19N3O3/c12-8(5-10(15)16)11(17)13-9-6-14-3-1-7(9)2-4-14/h7-9H,1-6,12H2,(H,13,17)(H,15,16). The Balaban J connectivity index is 1.84. The van der Waals surface area contributed by atoms with E-state index in [4.69, 9.17) is 10.8 Å². The number of hydrogen-bond acceptors (Lipinski definition) is 4. The molecule has 4 N–H and O–H groups in total. The average molecular weight is 241 g/mol. The number of rotatable bonds is 4. The third kappa shape index (κ3) is 2.95. The summed E-state index contributed by atoms with van der Waals surface area (Å²) in [4.78, 5) is 24.5. The van der Waals surface area contributed by atoms with Gasteiger partial charge in [-0.1, -0.05) is 0 Å². The predicted octanol–water partition coefficient (Wildman–Crippen LogP) is -1.00. The van der Waals surface area contributed by atoms with E-state index in [9.17, 15) is 9.59 Å². The van der Waals surface area contributed by atoms with E-state index in [-0.39, 0.29) is 18.4 Å². The van der Waals surface area contributed by atoms with Crippen LogP contribution < -0.4 is 11.1 Å². The van der Waals surface area contributed by atoms with E-state index in [0.29, 0.717) is 5.92 Å². The van der Waals surface area contributed by atoms with Gasteiger partial charge in [0, 0.05) is 12.6 Å². The van der Waals surface area contributed by atoms with Crippen LogP contribution in [0.1, 0.15) is 19.3 Å². The molecule has 0 aromatic carbocycles. The van der Waals surface area contributed by atoms with Crippen LogP contribution in [0.15, 0.2) is 0 Å². The Morgan fingerprint density at radius 1 is 1.41 bits per heavy atom. The lowest BCUT2D eigenvalue weighted by Crippen LogP contribution is -2.59. The largest absolute Gasteiger partial charge is 0.481 e. The molecule has 6 heteroatoms. The van der Waals surface area contributed by atoms with Gasteiger partial charge in [-0.15, -0.1) is 0 Å². The molecule has 2 atom stereocenters. The van der Waals surface area contributed by atoms with Crippen molar-refractivity contribution in [3.05, 3.63) is 0 Å². The number of nitrogens with zero attached hydrogens (tertiary/aromatic N) is 1. The van der Waals surface area contributed by atoms with E-state index in [1.165, 1.54) is 0 Å². The van der Waals surface area contributed by atoms with Gasteiger partial charge >= 0.3 is 5.97 Å². The molecule has 3 saturated heterocycles. The number of piperidine rings is 3. The minimum Gasteiger partial charge on any atom is -0.481 e. The second-order valence-electron chi connectivity index (χ2n) is 4.96. The van der Waals surface area contributed by atoms with Gasteiger partial charge in [0.25, 0.3) is 0 Å². The molecular formula is C11H19N3O3. The highest BCUT2D eigenvalue weighted by atomic mass is 16.4. The molecule has 3 heterocycles. The molecule has 2 unspecified atom stereocenters. The molecule has 96 valence electrons. The second kappa shape index (κ2) is 5.01. The van der Waals surface area contributed by atoms with Gasteiger partial charge in [-0.25, -0.2) is 0 Å². The van der Waals surface area contributed by atoms with Gasteiger partial charge in [-0.2, -0.15) is 0 Å². The summed E-state index contributed by atoms with van der Waals surface area (Å²) in [6.07, 6.45) is 1.91. The molecule has 3 aliphatic heterocycles. The van der Waals surface area contributed by atoms with Crippen molar-refractivity contribution in [3.63, 3.8) is 0 Å². The summed E-state index contributed by atoms with van der Waals surface area (Å²) >= 11 is 0. The lowest BCUT2D eigenvalue weighted by molar-refractivity contribution is -0.139. The first-order chi connectivity index (χ1) is 8.06. The fourth-order valence-corrected chi connectivity index (χ4v) is 2.70. The Kier molecular flexibility index (Phi) is 3.63. The molecule has 3 fully saturated rings. The van der Waals surface area contributed by atoms with Gasteiger partial charge in [0.2, 0.25) is 5.91 Å². The van der Waals surface area contributed by atoms with Crippen molar-refractivity contribution in [2.24, 2.45) is 11.7 Å². The van der Waals surface area contributed by atoms with E-state index in [2.05, 4.69) is 10.2 Å². The molecule has 3 rings (SSSR count). The first kappa shape index (κ1) is 12.3. The van der Waals surface area contributed by atoms with Crippen LogP contribution in [0, 0.1) is 5.92 Å². The van der Waals surface area contributed by atoms with Crippen molar-refractivity contribution >= 4 is 11.9 Å². The molecule has 0 saturated carbocycles. The third-order valence-corrected chi connectivity index (χ3v) is 3.72. The quantitative estimate of drug-likeness (QED) is 0.586. The molecule has 6 nitrogen and oxygen atoms in total. The van der Waals surface area contributed by atoms with Crippen LogP contribution in [-0.4, -0.2) is 53.6 Å². The maximum atomic E-state index is 11.7. The van der Waals surface area contributed by atoms with Gasteiger partial charge in [-0.05, 0) is 31.8 Å². The van der Waals surface area contributed by atoms with Gasteiger partial charge in [0.15, 0.2) is 0 Å². The molecule has 3 aliphatic rings. The van der Waals surface area contributed by atoms with Gasteiger partial charge in [-0.3, -0.25) is 9.59 Å². The molecule has 0 spiro atoms. The Morgan fingerprint density at radius 2 is 2.06 bits per heavy atom. The van der Waals surface area contributed by atoms with Crippen LogP contribution in [0.25, 0.3) is 0 Å². The van der Waals surface area contributed by atoms with Crippen molar-refractivity contribution in [3.8, 4) is 0 Å². The van der Waals surface area contributed by atoms with Crippen LogP contribution in [0.5, 0.6) is 0 Å². The van der Waals surface area contributed by atoms with E-state index in [0.717, 1.165) is 32.5 Å². The zero-order chi connectivity index (χ0) is 12.4. The van der Waals surface area contributed by atoms with Gasteiger partial charge in [0.1, 0.15) is 0 Å². The highest BCUT2D eigenvalue weighted by Gasteiger charge is 2.35. The number of hydrogen-bond donors (Lipinski definition) is 3. The molecule has 17 heavy (non-hydrogen) atoms. The monoisotopic (exact) mass is 241 g/mol. The molecule has 0 aromatic rings. The lowest BCUT2D eigenvalue weighted by Gasteiger charge is -2.45.